The molecule has 0 spiro atoms. The summed E-state index contributed by atoms with van der Waals surface area (Å²) in [6.45, 7) is 0. The fraction of sp³-hybridized carbons (Fsp3) is 0.0769. The molecule has 0 atom stereocenters. The molecule has 0 aliphatic rings. The van der Waals surface area contributed by atoms with Gasteiger partial charge < -0.3 is 10.1 Å². The van der Waals surface area contributed by atoms with E-state index >= 15 is 0 Å². The molecule has 2 aromatic rings. The summed E-state index contributed by atoms with van der Waals surface area (Å²) in [4.78, 5) is 16.2. The summed E-state index contributed by atoms with van der Waals surface area (Å²) in [6, 6.07) is 6.42. The predicted octanol–water partition coefficient (Wildman–Crippen LogP) is 4.41. The number of aromatic nitrogens is 1. The molecule has 1 aromatic heterocycles. The zero-order valence-corrected chi connectivity index (χ0v) is 13.4. The average molecular weight is 376 g/mol. The Labute approximate surface area is 134 Å². The smallest absolute Gasteiger partial charge is 0.259 e. The third kappa shape index (κ3) is 3.42. The Morgan fingerprint density at radius 2 is 2.10 bits per heavy atom. The Morgan fingerprint density at radius 3 is 2.80 bits per heavy atom. The number of nitrogens with zero attached hydrogens (tertiary/aromatic N) is 1. The normalized spacial score (nSPS) is 10.2. The number of carbonyl (C=O) groups excluding carboxylic acids is 1. The zero-order valence-electron chi connectivity index (χ0n) is 10.3. The molecule has 104 valence electrons. The summed E-state index contributed by atoms with van der Waals surface area (Å²) in [6.07, 6.45) is 1.54. The van der Waals surface area contributed by atoms with Crippen molar-refractivity contribution in [2.24, 2.45) is 0 Å². The van der Waals surface area contributed by atoms with Crippen LogP contribution in [0.3, 0.4) is 0 Å². The van der Waals surface area contributed by atoms with Gasteiger partial charge in [-0.15, -0.1) is 0 Å². The van der Waals surface area contributed by atoms with Gasteiger partial charge in [0.05, 0.1) is 18.4 Å². The lowest BCUT2D eigenvalue weighted by Crippen LogP contribution is -2.13. The molecule has 0 saturated carbocycles. The van der Waals surface area contributed by atoms with Gasteiger partial charge in [0.2, 0.25) is 0 Å². The molecule has 0 saturated heterocycles. The van der Waals surface area contributed by atoms with Gasteiger partial charge in [0.25, 0.3) is 5.91 Å². The number of halogens is 3. The number of methoxy groups -OCH3 is 1. The molecule has 4 nitrogen and oxygen atoms in total. The van der Waals surface area contributed by atoms with Gasteiger partial charge in [-0.05, 0) is 40.2 Å². The highest BCUT2D eigenvalue weighted by Crippen LogP contribution is 2.27. The van der Waals surface area contributed by atoms with Crippen molar-refractivity contribution in [1.29, 1.82) is 0 Å². The van der Waals surface area contributed by atoms with E-state index in [0.29, 0.717) is 26.5 Å². The molecule has 0 radical (unpaired) electrons. The molecule has 0 unspecified atom stereocenters. The Kier molecular flexibility index (Phi) is 4.86. The van der Waals surface area contributed by atoms with Crippen molar-refractivity contribution in [2.45, 2.75) is 0 Å². The minimum absolute atomic E-state index is 0.203. The van der Waals surface area contributed by atoms with Crippen LogP contribution in [0.5, 0.6) is 5.75 Å². The van der Waals surface area contributed by atoms with Gasteiger partial charge >= 0.3 is 0 Å². The third-order valence-electron chi connectivity index (χ3n) is 2.46. The van der Waals surface area contributed by atoms with Crippen LogP contribution in [-0.4, -0.2) is 18.0 Å². The molecule has 20 heavy (non-hydrogen) atoms. The zero-order chi connectivity index (χ0) is 14.7. The molecule has 2 rings (SSSR count). The first kappa shape index (κ1) is 15.1. The van der Waals surface area contributed by atoms with Crippen molar-refractivity contribution in [2.75, 3.05) is 12.4 Å². The summed E-state index contributed by atoms with van der Waals surface area (Å²) in [7, 11) is 1.47. The lowest BCUT2D eigenvalue weighted by atomic mass is 10.2. The molecule has 0 fully saturated rings. The first-order valence-corrected chi connectivity index (χ1v) is 7.02. The number of anilines is 1. The summed E-state index contributed by atoms with van der Waals surface area (Å²) >= 11 is 15.1. The SMILES string of the molecule is COc1cc(Cl)ccc1C(=O)Nc1cc(Br)cnc1Cl. The monoisotopic (exact) mass is 374 g/mol. The molecular formula is C13H9BrCl2N2O2. The average Bonchev–Trinajstić information content (AvgIpc) is 2.42. The maximum atomic E-state index is 12.2. The highest BCUT2D eigenvalue weighted by Gasteiger charge is 2.14. The Bertz CT molecular complexity index is 665. The molecular weight excluding hydrogens is 367 g/mol. The van der Waals surface area contributed by atoms with Gasteiger partial charge in [-0.2, -0.15) is 0 Å². The molecule has 0 aliphatic carbocycles. The van der Waals surface area contributed by atoms with Gasteiger partial charge in [-0.25, -0.2) is 4.98 Å². The summed E-state index contributed by atoms with van der Waals surface area (Å²) in [5, 5.41) is 3.36. The number of nitrogens with one attached hydrogen (secondary N) is 1. The molecule has 0 bridgehead atoms. The van der Waals surface area contributed by atoms with Crippen molar-refractivity contribution in [3.05, 3.63) is 50.7 Å². The number of benzene rings is 1. The van der Waals surface area contributed by atoms with Gasteiger partial charge in [-0.1, -0.05) is 23.2 Å². The Balaban J connectivity index is 2.30. The highest BCUT2D eigenvalue weighted by molar-refractivity contribution is 9.10. The van der Waals surface area contributed by atoms with Crippen molar-refractivity contribution in [1.82, 2.24) is 4.98 Å². The number of carbonyl (C=O) groups is 1. The van der Waals surface area contributed by atoms with E-state index in [9.17, 15) is 4.79 Å². The number of amides is 1. The number of hydrogen-bond acceptors (Lipinski definition) is 3. The standard InChI is InChI=1S/C13H9BrCl2N2O2/c1-20-11-5-8(15)2-3-9(11)13(19)18-10-4-7(14)6-17-12(10)16/h2-6H,1H3,(H,18,19). The van der Waals surface area contributed by atoms with Crippen LogP contribution in [0.25, 0.3) is 0 Å². The quantitative estimate of drug-likeness (QED) is 0.808. The fourth-order valence-electron chi connectivity index (χ4n) is 1.55. The second-order valence-electron chi connectivity index (χ2n) is 3.79. The topological polar surface area (TPSA) is 51.2 Å². The van der Waals surface area contributed by atoms with Gasteiger partial charge in [0, 0.05) is 15.7 Å². The number of ether oxygens (including phenoxy) is 1. The molecule has 1 amide bonds. The second-order valence-corrected chi connectivity index (χ2v) is 5.50. The van der Waals surface area contributed by atoms with Crippen molar-refractivity contribution >= 4 is 50.7 Å². The summed E-state index contributed by atoms with van der Waals surface area (Å²) in [5.74, 6) is 0.0226. The van der Waals surface area contributed by atoms with Crippen LogP contribution in [0, 0.1) is 0 Å². The predicted molar refractivity (Wildman–Crippen MR) is 82.9 cm³/mol. The minimum Gasteiger partial charge on any atom is -0.496 e. The number of hydrogen-bond donors (Lipinski definition) is 1. The number of rotatable bonds is 3. The first-order valence-electron chi connectivity index (χ1n) is 5.47. The molecule has 1 heterocycles. The Morgan fingerprint density at radius 1 is 1.35 bits per heavy atom. The van der Waals surface area contributed by atoms with Gasteiger partial charge in [0.15, 0.2) is 5.15 Å². The maximum absolute atomic E-state index is 12.2. The van der Waals surface area contributed by atoms with Crippen molar-refractivity contribution < 1.29 is 9.53 Å². The molecule has 0 aliphatic heterocycles. The van der Waals surface area contributed by atoms with E-state index in [-0.39, 0.29) is 11.1 Å². The second kappa shape index (κ2) is 6.43. The van der Waals surface area contributed by atoms with Gasteiger partial charge in [-0.3, -0.25) is 4.79 Å². The first-order chi connectivity index (χ1) is 9.51. The number of pyridine rings is 1. The van der Waals surface area contributed by atoms with E-state index in [4.69, 9.17) is 27.9 Å². The highest BCUT2D eigenvalue weighted by atomic mass is 79.9. The lowest BCUT2D eigenvalue weighted by molar-refractivity contribution is 0.102. The Hall–Kier alpha value is -1.30. The van der Waals surface area contributed by atoms with Crippen LogP contribution >= 0.6 is 39.1 Å². The van der Waals surface area contributed by atoms with E-state index in [1.807, 2.05) is 0 Å². The van der Waals surface area contributed by atoms with Crippen molar-refractivity contribution in [3.8, 4) is 5.75 Å². The molecule has 7 heteroatoms. The van der Waals surface area contributed by atoms with Crippen molar-refractivity contribution in [3.63, 3.8) is 0 Å². The van der Waals surface area contributed by atoms with Crippen LogP contribution in [0.2, 0.25) is 10.2 Å². The van der Waals surface area contributed by atoms with E-state index in [0.717, 1.165) is 0 Å². The minimum atomic E-state index is -0.361. The van der Waals surface area contributed by atoms with E-state index in [1.165, 1.54) is 7.11 Å². The van der Waals surface area contributed by atoms with E-state index < -0.39 is 0 Å². The van der Waals surface area contributed by atoms with Crippen LogP contribution in [0.4, 0.5) is 5.69 Å². The maximum Gasteiger partial charge on any atom is 0.259 e. The third-order valence-corrected chi connectivity index (χ3v) is 3.43. The van der Waals surface area contributed by atoms with Crippen LogP contribution in [0.1, 0.15) is 10.4 Å². The molecule has 1 aromatic carbocycles. The van der Waals surface area contributed by atoms with Crippen LogP contribution in [-0.2, 0) is 0 Å². The van der Waals surface area contributed by atoms with Crippen LogP contribution in [0.15, 0.2) is 34.9 Å². The lowest BCUT2D eigenvalue weighted by Gasteiger charge is -2.10. The summed E-state index contributed by atoms with van der Waals surface area (Å²) in [5.41, 5.74) is 0.760. The summed E-state index contributed by atoms with van der Waals surface area (Å²) < 4.78 is 5.84. The van der Waals surface area contributed by atoms with E-state index in [1.54, 1.807) is 30.5 Å². The largest absolute Gasteiger partial charge is 0.496 e. The van der Waals surface area contributed by atoms with Crippen LogP contribution < -0.4 is 10.1 Å². The molecule has 1 N–H and O–H groups in total. The fourth-order valence-corrected chi connectivity index (χ4v) is 2.20. The van der Waals surface area contributed by atoms with E-state index in [2.05, 4.69) is 26.2 Å². The van der Waals surface area contributed by atoms with Gasteiger partial charge in [0.1, 0.15) is 5.75 Å².